The third-order valence-electron chi connectivity index (χ3n) is 3.12. The predicted octanol–water partition coefficient (Wildman–Crippen LogP) is -1.54. The minimum Gasteiger partial charge on any atom is -0.482 e. The van der Waals surface area contributed by atoms with E-state index in [1.807, 2.05) is 0 Å². The minimum absolute atomic E-state index is 0.115. The van der Waals surface area contributed by atoms with Gasteiger partial charge in [0.2, 0.25) is 11.8 Å². The second-order valence-corrected chi connectivity index (χ2v) is 5.20. The van der Waals surface area contributed by atoms with Gasteiger partial charge >= 0.3 is 11.9 Å². The van der Waals surface area contributed by atoms with E-state index in [0.717, 1.165) is 0 Å². The van der Waals surface area contributed by atoms with Crippen molar-refractivity contribution < 1.29 is 34.1 Å². The lowest BCUT2D eigenvalue weighted by Crippen LogP contribution is -2.51. The number of amides is 2. The number of carbonyl (C=O) groups excluding carboxylic acids is 2. The van der Waals surface area contributed by atoms with Crippen LogP contribution in [-0.2, 0) is 25.6 Å². The minimum atomic E-state index is -1.34. The SMILES string of the molecule is NC(=O)C(CC(=O)O)NC(=O)[C@@H](N)Cc1ccc(OCC(=O)O)cc1. The number of rotatable bonds is 10. The van der Waals surface area contributed by atoms with Crippen molar-refractivity contribution in [2.45, 2.75) is 24.9 Å². The Hall–Kier alpha value is -3.14. The normalized spacial score (nSPS) is 12.7. The Labute approximate surface area is 142 Å². The first-order valence-electron chi connectivity index (χ1n) is 7.19. The van der Waals surface area contributed by atoms with E-state index in [2.05, 4.69) is 5.32 Å². The molecular weight excluding hydrogens is 334 g/mol. The van der Waals surface area contributed by atoms with Crippen LogP contribution in [0.25, 0.3) is 0 Å². The second kappa shape index (κ2) is 9.23. The average molecular weight is 353 g/mol. The summed E-state index contributed by atoms with van der Waals surface area (Å²) in [6, 6.07) is 3.89. The monoisotopic (exact) mass is 353 g/mol. The standard InChI is InChI=1S/C15H19N3O7/c16-10(15(24)18-11(14(17)23)6-12(19)20)5-8-1-3-9(4-2-8)25-7-13(21)22/h1-4,10-11H,5-7,16H2,(H2,17,23)(H,18,24)(H,19,20)(H,21,22)/t10-,11?/m0/s1. The number of carboxylic acids is 2. The van der Waals surface area contributed by atoms with Gasteiger partial charge in [0, 0.05) is 0 Å². The first kappa shape index (κ1) is 19.9. The first-order valence-corrected chi connectivity index (χ1v) is 7.19. The summed E-state index contributed by atoms with van der Waals surface area (Å²) in [6.45, 7) is -0.473. The third-order valence-corrected chi connectivity index (χ3v) is 3.12. The molecule has 1 aromatic carbocycles. The molecule has 0 radical (unpaired) electrons. The van der Waals surface area contributed by atoms with Gasteiger partial charge in [0.1, 0.15) is 11.8 Å². The fraction of sp³-hybridized carbons (Fsp3) is 0.333. The average Bonchev–Trinajstić information content (AvgIpc) is 2.52. The summed E-state index contributed by atoms with van der Waals surface area (Å²) in [4.78, 5) is 44.2. The molecule has 1 rings (SSSR count). The Morgan fingerprint density at radius 3 is 2.16 bits per heavy atom. The van der Waals surface area contributed by atoms with Crippen LogP contribution in [0.3, 0.4) is 0 Å². The number of carbonyl (C=O) groups is 4. The van der Waals surface area contributed by atoms with E-state index in [4.69, 9.17) is 26.4 Å². The summed E-state index contributed by atoms with van der Waals surface area (Å²) in [7, 11) is 0. The first-order chi connectivity index (χ1) is 11.7. The zero-order chi connectivity index (χ0) is 19.0. The van der Waals surface area contributed by atoms with E-state index in [1.54, 1.807) is 12.1 Å². The number of carboxylic acid groups (broad SMARTS) is 2. The van der Waals surface area contributed by atoms with E-state index < -0.39 is 48.9 Å². The van der Waals surface area contributed by atoms with Crippen molar-refractivity contribution in [2.75, 3.05) is 6.61 Å². The summed E-state index contributed by atoms with van der Waals surface area (Å²) in [5.41, 5.74) is 11.4. The van der Waals surface area contributed by atoms with Crippen molar-refractivity contribution >= 4 is 23.8 Å². The largest absolute Gasteiger partial charge is 0.482 e. The lowest BCUT2D eigenvalue weighted by atomic mass is 10.0. The molecule has 0 aliphatic carbocycles. The van der Waals surface area contributed by atoms with Crippen LogP contribution >= 0.6 is 0 Å². The zero-order valence-corrected chi connectivity index (χ0v) is 13.2. The van der Waals surface area contributed by atoms with Gasteiger partial charge in [0.15, 0.2) is 6.61 Å². The topological polar surface area (TPSA) is 182 Å². The fourth-order valence-electron chi connectivity index (χ4n) is 1.89. The van der Waals surface area contributed by atoms with Crippen LogP contribution in [0, 0.1) is 0 Å². The Morgan fingerprint density at radius 1 is 1.08 bits per heavy atom. The Bertz CT molecular complexity index is 645. The number of hydrogen-bond donors (Lipinski definition) is 5. The number of nitrogens with one attached hydrogen (secondary N) is 1. The van der Waals surface area contributed by atoms with Gasteiger partial charge in [-0.1, -0.05) is 12.1 Å². The van der Waals surface area contributed by atoms with Crippen LogP contribution in [0.1, 0.15) is 12.0 Å². The summed E-state index contributed by atoms with van der Waals surface area (Å²) < 4.78 is 4.97. The Balaban J connectivity index is 2.60. The number of primary amides is 1. The van der Waals surface area contributed by atoms with Gasteiger partial charge in [0.25, 0.3) is 0 Å². The van der Waals surface area contributed by atoms with E-state index in [9.17, 15) is 19.2 Å². The summed E-state index contributed by atoms with van der Waals surface area (Å²) in [6.07, 6.45) is -0.521. The van der Waals surface area contributed by atoms with Crippen LogP contribution < -0.4 is 21.5 Å². The molecule has 2 amide bonds. The fourth-order valence-corrected chi connectivity index (χ4v) is 1.89. The van der Waals surface area contributed by atoms with Crippen LogP contribution in [0.4, 0.5) is 0 Å². The zero-order valence-electron chi connectivity index (χ0n) is 13.2. The smallest absolute Gasteiger partial charge is 0.341 e. The molecule has 0 saturated heterocycles. The van der Waals surface area contributed by atoms with Gasteiger partial charge in [-0.2, -0.15) is 0 Å². The molecule has 0 heterocycles. The van der Waals surface area contributed by atoms with E-state index in [0.29, 0.717) is 11.3 Å². The molecule has 2 atom stereocenters. The molecule has 0 aliphatic heterocycles. The molecule has 10 nitrogen and oxygen atoms in total. The molecule has 136 valence electrons. The Morgan fingerprint density at radius 2 is 1.68 bits per heavy atom. The molecule has 0 aliphatic rings. The number of benzene rings is 1. The van der Waals surface area contributed by atoms with Crippen LogP contribution in [0.2, 0.25) is 0 Å². The molecule has 10 heteroatoms. The molecule has 1 unspecified atom stereocenters. The highest BCUT2D eigenvalue weighted by molar-refractivity contribution is 5.91. The van der Waals surface area contributed by atoms with Crippen molar-refractivity contribution in [3.05, 3.63) is 29.8 Å². The predicted molar refractivity (Wildman–Crippen MR) is 84.6 cm³/mol. The highest BCUT2D eigenvalue weighted by Gasteiger charge is 2.24. The second-order valence-electron chi connectivity index (χ2n) is 5.20. The van der Waals surface area contributed by atoms with Crippen molar-refractivity contribution in [2.24, 2.45) is 11.5 Å². The van der Waals surface area contributed by atoms with E-state index >= 15 is 0 Å². The maximum Gasteiger partial charge on any atom is 0.341 e. The van der Waals surface area contributed by atoms with Crippen molar-refractivity contribution in [1.29, 1.82) is 0 Å². The van der Waals surface area contributed by atoms with Gasteiger partial charge in [-0.3, -0.25) is 14.4 Å². The molecule has 7 N–H and O–H groups in total. The lowest BCUT2D eigenvalue weighted by Gasteiger charge is -2.17. The highest BCUT2D eigenvalue weighted by atomic mass is 16.5. The third kappa shape index (κ3) is 7.31. The molecule has 0 fully saturated rings. The molecule has 0 bridgehead atoms. The summed E-state index contributed by atoms with van der Waals surface area (Å²) >= 11 is 0. The van der Waals surface area contributed by atoms with Crippen molar-refractivity contribution in [1.82, 2.24) is 5.32 Å². The van der Waals surface area contributed by atoms with E-state index in [1.165, 1.54) is 12.1 Å². The summed E-state index contributed by atoms with van der Waals surface area (Å²) in [5, 5.41) is 19.4. The maximum atomic E-state index is 12.0. The lowest BCUT2D eigenvalue weighted by molar-refractivity contribution is -0.140. The van der Waals surface area contributed by atoms with Crippen LogP contribution in [0.15, 0.2) is 24.3 Å². The van der Waals surface area contributed by atoms with E-state index in [-0.39, 0.29) is 6.42 Å². The molecule has 25 heavy (non-hydrogen) atoms. The molecule has 0 saturated carbocycles. The molecule has 0 aromatic heterocycles. The highest BCUT2D eigenvalue weighted by Crippen LogP contribution is 2.13. The van der Waals surface area contributed by atoms with Gasteiger partial charge < -0.3 is 31.7 Å². The van der Waals surface area contributed by atoms with Gasteiger partial charge in [0.05, 0.1) is 12.5 Å². The number of ether oxygens (including phenoxy) is 1. The Kier molecular flexibility index (Phi) is 7.35. The maximum absolute atomic E-state index is 12.0. The molecular formula is C15H19N3O7. The number of aliphatic carboxylic acids is 2. The van der Waals surface area contributed by atoms with Crippen molar-refractivity contribution in [3.8, 4) is 5.75 Å². The number of hydrogen-bond acceptors (Lipinski definition) is 6. The number of nitrogens with two attached hydrogens (primary N) is 2. The van der Waals surface area contributed by atoms with Gasteiger partial charge in [-0.25, -0.2) is 4.79 Å². The quantitative estimate of drug-likeness (QED) is 0.335. The molecule has 0 spiro atoms. The van der Waals surface area contributed by atoms with Crippen LogP contribution in [0.5, 0.6) is 5.75 Å². The van der Waals surface area contributed by atoms with Crippen LogP contribution in [-0.4, -0.2) is 52.7 Å². The van der Waals surface area contributed by atoms with Crippen molar-refractivity contribution in [3.63, 3.8) is 0 Å². The summed E-state index contributed by atoms with van der Waals surface area (Å²) in [5.74, 6) is -3.72. The molecule has 1 aromatic rings. The van der Waals surface area contributed by atoms with Gasteiger partial charge in [-0.15, -0.1) is 0 Å². The van der Waals surface area contributed by atoms with Gasteiger partial charge in [-0.05, 0) is 24.1 Å².